The Morgan fingerprint density at radius 1 is 1.16 bits per heavy atom. The number of rotatable bonds is 7. The van der Waals surface area contributed by atoms with Crippen LogP contribution in [-0.2, 0) is 9.32 Å². The highest BCUT2D eigenvalue weighted by Gasteiger charge is 2.23. The van der Waals surface area contributed by atoms with Gasteiger partial charge in [-0.3, -0.25) is 0 Å². The van der Waals surface area contributed by atoms with Crippen LogP contribution in [0.4, 0.5) is 5.69 Å². The van der Waals surface area contributed by atoms with E-state index in [2.05, 4.69) is 9.89 Å². The van der Waals surface area contributed by atoms with Crippen LogP contribution < -0.4 is 15.5 Å². The van der Waals surface area contributed by atoms with Crippen LogP contribution in [0, 0.1) is 0 Å². The van der Waals surface area contributed by atoms with Crippen molar-refractivity contribution in [1.29, 1.82) is 0 Å². The van der Waals surface area contributed by atoms with Crippen LogP contribution in [-0.4, -0.2) is 24.2 Å². The van der Waals surface area contributed by atoms with Crippen LogP contribution >= 0.6 is 12.0 Å². The molecule has 0 saturated carbocycles. The molecule has 132 valence electrons. The van der Waals surface area contributed by atoms with E-state index in [1.54, 1.807) is 6.07 Å². The number of aromatic carboxylic acids is 1. The van der Waals surface area contributed by atoms with Crippen LogP contribution in [0.5, 0.6) is 11.5 Å². The fourth-order valence-corrected chi connectivity index (χ4v) is 3.24. The SMILES string of the molecule is NOOSc1cc(C(=O)O)cc(N2CCCC2)c1Oc1ccccc1. The van der Waals surface area contributed by atoms with Gasteiger partial charge in [-0.15, -0.1) is 9.32 Å². The number of hydrogen-bond acceptors (Lipinski definition) is 7. The second-order valence-electron chi connectivity index (χ2n) is 5.48. The van der Waals surface area contributed by atoms with E-state index in [4.69, 9.17) is 15.0 Å². The number of hydrogen-bond donors (Lipinski definition) is 2. The van der Waals surface area contributed by atoms with Crippen molar-refractivity contribution in [3.05, 3.63) is 48.0 Å². The molecule has 0 amide bonds. The Bertz CT molecular complexity index is 735. The van der Waals surface area contributed by atoms with Gasteiger partial charge < -0.3 is 14.7 Å². The lowest BCUT2D eigenvalue weighted by molar-refractivity contribution is -0.195. The van der Waals surface area contributed by atoms with Crippen LogP contribution in [0.1, 0.15) is 23.2 Å². The zero-order valence-corrected chi connectivity index (χ0v) is 14.2. The number of carboxylic acids is 1. The van der Waals surface area contributed by atoms with Crippen LogP contribution in [0.25, 0.3) is 0 Å². The predicted octanol–water partition coefficient (Wildman–Crippen LogP) is 3.61. The van der Waals surface area contributed by atoms with E-state index >= 15 is 0 Å². The van der Waals surface area contributed by atoms with E-state index in [1.165, 1.54) is 6.07 Å². The fourth-order valence-electron chi connectivity index (χ4n) is 2.73. The number of carboxylic acid groups (broad SMARTS) is 1. The minimum absolute atomic E-state index is 0.144. The molecule has 2 aromatic carbocycles. The fraction of sp³-hybridized carbons (Fsp3) is 0.235. The smallest absolute Gasteiger partial charge is 0.335 e. The molecule has 0 bridgehead atoms. The van der Waals surface area contributed by atoms with Crippen molar-refractivity contribution < 1.29 is 24.0 Å². The first-order valence-corrected chi connectivity index (χ1v) is 8.52. The molecular weight excluding hydrogens is 344 g/mol. The first-order valence-electron chi connectivity index (χ1n) is 7.78. The number of nitrogens with zero attached hydrogens (tertiary/aromatic N) is 1. The summed E-state index contributed by atoms with van der Waals surface area (Å²) in [5, 5.41) is 9.42. The molecule has 0 unspecified atom stereocenters. The Kier molecular flexibility index (Phi) is 5.77. The maximum absolute atomic E-state index is 11.5. The van der Waals surface area contributed by atoms with E-state index in [1.807, 2.05) is 30.3 Å². The topological polar surface area (TPSA) is 94.2 Å². The Morgan fingerprint density at radius 2 is 1.88 bits per heavy atom. The van der Waals surface area contributed by atoms with Crippen molar-refractivity contribution in [2.45, 2.75) is 17.7 Å². The van der Waals surface area contributed by atoms with Gasteiger partial charge in [-0.1, -0.05) is 18.2 Å². The average molecular weight is 362 g/mol. The molecule has 2 aromatic rings. The highest BCUT2D eigenvalue weighted by atomic mass is 32.2. The number of anilines is 1. The minimum atomic E-state index is -1.03. The Morgan fingerprint density at radius 3 is 2.52 bits per heavy atom. The molecule has 8 heteroatoms. The minimum Gasteiger partial charge on any atom is -0.478 e. The first-order chi connectivity index (χ1) is 12.2. The third-order valence-electron chi connectivity index (χ3n) is 3.86. The largest absolute Gasteiger partial charge is 0.478 e. The maximum atomic E-state index is 11.5. The summed E-state index contributed by atoms with van der Waals surface area (Å²) in [5.74, 6) is 5.06. The molecule has 1 saturated heterocycles. The molecule has 1 heterocycles. The lowest BCUT2D eigenvalue weighted by Gasteiger charge is -2.23. The van der Waals surface area contributed by atoms with E-state index in [0.717, 1.165) is 38.0 Å². The van der Waals surface area contributed by atoms with Gasteiger partial charge in [0.05, 0.1) is 28.2 Å². The van der Waals surface area contributed by atoms with E-state index in [9.17, 15) is 9.90 Å². The molecule has 0 radical (unpaired) electrons. The summed E-state index contributed by atoms with van der Waals surface area (Å²) in [7, 11) is 0. The molecule has 1 aliphatic rings. The Hall–Kier alpha value is -2.26. The summed E-state index contributed by atoms with van der Waals surface area (Å²) in [5.41, 5.74) is 0.856. The number of para-hydroxylation sites is 1. The second kappa shape index (κ2) is 8.21. The Balaban J connectivity index is 2.07. The molecule has 0 spiro atoms. The standard InChI is InChI=1S/C17H18N2O5S/c18-23-24-25-15-11-12(17(20)21)10-14(19-8-4-5-9-19)16(15)22-13-6-2-1-3-7-13/h1-3,6-7,10-11H,4-5,8-9,18H2,(H,20,21). The van der Waals surface area contributed by atoms with Crippen molar-refractivity contribution in [3.8, 4) is 11.5 Å². The van der Waals surface area contributed by atoms with E-state index < -0.39 is 5.97 Å². The van der Waals surface area contributed by atoms with Crippen LogP contribution in [0.3, 0.4) is 0 Å². The molecule has 3 rings (SSSR count). The van der Waals surface area contributed by atoms with E-state index in [-0.39, 0.29) is 5.56 Å². The average Bonchev–Trinajstić information content (AvgIpc) is 3.15. The molecule has 25 heavy (non-hydrogen) atoms. The van der Waals surface area contributed by atoms with E-state index in [0.29, 0.717) is 22.1 Å². The molecule has 1 aliphatic heterocycles. The van der Waals surface area contributed by atoms with Gasteiger partial charge in [0.2, 0.25) is 0 Å². The normalized spacial score (nSPS) is 13.9. The van der Waals surface area contributed by atoms with Gasteiger partial charge in [-0.05, 0) is 37.1 Å². The Labute approximate surface area is 149 Å². The number of carbonyl (C=O) groups is 1. The lowest BCUT2D eigenvalue weighted by atomic mass is 10.1. The van der Waals surface area contributed by atoms with Crippen LogP contribution in [0.2, 0.25) is 0 Å². The third kappa shape index (κ3) is 4.23. The van der Waals surface area contributed by atoms with Crippen molar-refractivity contribution in [1.82, 2.24) is 0 Å². The zero-order valence-electron chi connectivity index (χ0n) is 13.4. The van der Waals surface area contributed by atoms with Crippen molar-refractivity contribution >= 4 is 23.7 Å². The van der Waals surface area contributed by atoms with Crippen LogP contribution in [0.15, 0.2) is 47.4 Å². The lowest BCUT2D eigenvalue weighted by Crippen LogP contribution is -2.19. The van der Waals surface area contributed by atoms with Gasteiger partial charge in [0.15, 0.2) is 5.75 Å². The summed E-state index contributed by atoms with van der Waals surface area (Å²) in [6, 6.07) is 12.4. The summed E-state index contributed by atoms with van der Waals surface area (Å²) in [6.07, 6.45) is 2.10. The van der Waals surface area contributed by atoms with Crippen molar-refractivity contribution in [2.24, 2.45) is 5.90 Å². The summed E-state index contributed by atoms with van der Waals surface area (Å²) in [6.45, 7) is 1.68. The highest BCUT2D eigenvalue weighted by Crippen LogP contribution is 2.43. The molecule has 0 atom stereocenters. The van der Waals surface area contributed by atoms with Gasteiger partial charge in [0, 0.05) is 13.1 Å². The predicted molar refractivity (Wildman–Crippen MR) is 93.6 cm³/mol. The third-order valence-corrected chi connectivity index (χ3v) is 4.48. The van der Waals surface area contributed by atoms with Gasteiger partial charge in [0.25, 0.3) is 0 Å². The highest BCUT2D eigenvalue weighted by molar-refractivity contribution is 7.94. The zero-order chi connectivity index (χ0) is 17.6. The maximum Gasteiger partial charge on any atom is 0.335 e. The molecule has 1 fully saturated rings. The second-order valence-corrected chi connectivity index (χ2v) is 6.23. The van der Waals surface area contributed by atoms with Crippen molar-refractivity contribution in [2.75, 3.05) is 18.0 Å². The molecule has 0 aliphatic carbocycles. The van der Waals surface area contributed by atoms with Gasteiger partial charge in [-0.2, -0.15) is 5.90 Å². The first kappa shape index (κ1) is 17.6. The number of benzene rings is 2. The number of ether oxygens (including phenoxy) is 1. The number of nitrogens with two attached hydrogens (primary N) is 1. The quantitative estimate of drug-likeness (QED) is 0.438. The molecule has 7 nitrogen and oxygen atoms in total. The molecule has 3 N–H and O–H groups in total. The van der Waals surface area contributed by atoms with Gasteiger partial charge >= 0.3 is 5.97 Å². The summed E-state index contributed by atoms with van der Waals surface area (Å²) < 4.78 is 10.8. The molecular formula is C17H18N2O5S. The summed E-state index contributed by atoms with van der Waals surface area (Å²) >= 11 is 0.809. The van der Waals surface area contributed by atoms with Gasteiger partial charge in [0.1, 0.15) is 5.75 Å². The van der Waals surface area contributed by atoms with Gasteiger partial charge in [-0.25, -0.2) is 4.79 Å². The monoisotopic (exact) mass is 362 g/mol. The summed E-state index contributed by atoms with van der Waals surface area (Å²) in [4.78, 5) is 18.2. The molecule has 0 aromatic heterocycles. The van der Waals surface area contributed by atoms with Crippen molar-refractivity contribution in [3.63, 3.8) is 0 Å².